The molecule has 0 bridgehead atoms. The van der Waals surface area contributed by atoms with Gasteiger partial charge in [-0.05, 0) is 13.0 Å². The largest absolute Gasteiger partial charge is 0.536 e. The van der Waals surface area contributed by atoms with Crippen molar-refractivity contribution in [1.82, 2.24) is 5.32 Å². The van der Waals surface area contributed by atoms with Gasteiger partial charge in [0, 0.05) is 39.1 Å². The molecule has 0 aliphatic rings. The highest BCUT2D eigenvalue weighted by Crippen LogP contribution is 2.08. The van der Waals surface area contributed by atoms with Gasteiger partial charge in [0.15, 0.2) is 0 Å². The zero-order valence-corrected chi connectivity index (χ0v) is 12.7. The molecule has 19 heavy (non-hydrogen) atoms. The Bertz CT molecular complexity index is 334. The van der Waals surface area contributed by atoms with Crippen molar-refractivity contribution in [3.63, 3.8) is 0 Å². The van der Waals surface area contributed by atoms with E-state index in [1.165, 1.54) is 0 Å². The topological polar surface area (TPSA) is 65.7 Å². The van der Waals surface area contributed by atoms with E-state index in [9.17, 15) is 0 Å². The van der Waals surface area contributed by atoms with E-state index in [-0.39, 0.29) is 0 Å². The smallest absolute Gasteiger partial charge is 0.373 e. The summed E-state index contributed by atoms with van der Waals surface area (Å²) in [6.45, 7) is 2.96. The maximum Gasteiger partial charge on any atom is 0.536 e. The lowest BCUT2D eigenvalue weighted by molar-refractivity contribution is 0.112. The van der Waals surface area contributed by atoms with Crippen LogP contribution in [0.1, 0.15) is 6.42 Å². The molecular formula is C13H24N2O3Si. The summed E-state index contributed by atoms with van der Waals surface area (Å²) in [6.07, 6.45) is 0.897. The first-order valence-electron chi connectivity index (χ1n) is 6.49. The van der Waals surface area contributed by atoms with E-state index in [0.29, 0.717) is 13.2 Å². The Morgan fingerprint density at radius 3 is 2.37 bits per heavy atom. The molecule has 0 atom stereocenters. The molecule has 0 unspecified atom stereocenters. The fraction of sp³-hybridized carbons (Fsp3) is 0.538. The lowest BCUT2D eigenvalue weighted by Crippen LogP contribution is -2.55. The first-order valence-corrected chi connectivity index (χ1v) is 8.22. The maximum atomic E-state index is 5.92. The third kappa shape index (κ3) is 5.02. The van der Waals surface area contributed by atoms with E-state index in [1.807, 2.05) is 30.3 Å². The molecule has 5 nitrogen and oxygen atoms in total. The van der Waals surface area contributed by atoms with E-state index >= 15 is 0 Å². The number of rotatable bonds is 10. The van der Waals surface area contributed by atoms with Crippen LogP contribution >= 0.6 is 0 Å². The third-order valence-corrected chi connectivity index (χ3v) is 5.48. The van der Waals surface area contributed by atoms with Crippen LogP contribution in [0.5, 0.6) is 0 Å². The lowest BCUT2D eigenvalue weighted by Gasteiger charge is -2.26. The zero-order valence-electron chi connectivity index (χ0n) is 11.7. The molecule has 1 aromatic rings. The standard InChI is InChI=1S/C13H24N2O3Si/c1-16-19(17-2,13-7-4-3-5-8-13)18-12-6-10-15-11-9-14/h3-5,7-8,15H,6,9-12,14H2,1-2H3. The number of nitrogens with one attached hydrogen (secondary N) is 1. The number of nitrogens with two attached hydrogens (primary N) is 1. The Hall–Kier alpha value is -0.763. The van der Waals surface area contributed by atoms with Crippen LogP contribution in [0.2, 0.25) is 0 Å². The predicted octanol–water partition coefficient (Wildman–Crippen LogP) is 0.0803. The fourth-order valence-corrected chi connectivity index (χ4v) is 3.85. The maximum absolute atomic E-state index is 5.92. The van der Waals surface area contributed by atoms with Crippen molar-refractivity contribution < 1.29 is 13.3 Å². The predicted molar refractivity (Wildman–Crippen MR) is 78.3 cm³/mol. The molecule has 0 aromatic heterocycles. The van der Waals surface area contributed by atoms with E-state index < -0.39 is 8.80 Å². The van der Waals surface area contributed by atoms with Gasteiger partial charge in [-0.2, -0.15) is 0 Å². The summed E-state index contributed by atoms with van der Waals surface area (Å²) in [4.78, 5) is 0. The van der Waals surface area contributed by atoms with Gasteiger partial charge in [-0.15, -0.1) is 0 Å². The van der Waals surface area contributed by atoms with Crippen molar-refractivity contribution >= 4 is 14.0 Å². The highest BCUT2D eigenvalue weighted by Gasteiger charge is 2.41. The average Bonchev–Trinajstić information content (AvgIpc) is 2.48. The molecule has 0 spiro atoms. The first-order chi connectivity index (χ1) is 9.29. The number of hydrogen-bond acceptors (Lipinski definition) is 5. The second-order valence-electron chi connectivity index (χ2n) is 4.07. The summed E-state index contributed by atoms with van der Waals surface area (Å²) in [5, 5.41) is 4.21. The van der Waals surface area contributed by atoms with Gasteiger partial charge in [0.05, 0.1) is 0 Å². The van der Waals surface area contributed by atoms with E-state index in [4.69, 9.17) is 19.0 Å². The minimum absolute atomic E-state index is 0.598. The zero-order chi connectivity index (χ0) is 14.0. The number of benzene rings is 1. The van der Waals surface area contributed by atoms with Crippen LogP contribution in [0.15, 0.2) is 30.3 Å². The molecule has 6 heteroatoms. The van der Waals surface area contributed by atoms with Crippen molar-refractivity contribution in [1.29, 1.82) is 0 Å². The molecule has 0 fully saturated rings. The van der Waals surface area contributed by atoms with Crippen LogP contribution in [0.25, 0.3) is 0 Å². The molecule has 1 aromatic carbocycles. The molecule has 0 heterocycles. The average molecular weight is 284 g/mol. The molecule has 1 rings (SSSR count). The van der Waals surface area contributed by atoms with Gasteiger partial charge >= 0.3 is 8.80 Å². The minimum Gasteiger partial charge on any atom is -0.373 e. The van der Waals surface area contributed by atoms with Crippen LogP contribution in [0.4, 0.5) is 0 Å². The summed E-state index contributed by atoms with van der Waals surface area (Å²) in [6, 6.07) is 9.84. The molecule has 0 saturated carbocycles. The highest BCUT2D eigenvalue weighted by atomic mass is 28.4. The van der Waals surface area contributed by atoms with Crippen LogP contribution in [0, 0.1) is 0 Å². The summed E-state index contributed by atoms with van der Waals surface area (Å²) in [7, 11) is 0.528. The third-order valence-electron chi connectivity index (χ3n) is 2.78. The Balaban J connectivity index is 2.48. The van der Waals surface area contributed by atoms with Gasteiger partial charge in [-0.1, -0.05) is 30.3 Å². The molecule has 0 radical (unpaired) electrons. The SMILES string of the molecule is CO[Si](OC)(OCCCNCCN)c1ccccc1. The van der Waals surface area contributed by atoms with Crippen LogP contribution in [-0.2, 0) is 13.3 Å². The van der Waals surface area contributed by atoms with E-state index in [1.54, 1.807) is 14.2 Å². The van der Waals surface area contributed by atoms with Crippen LogP contribution < -0.4 is 16.2 Å². The molecule has 108 valence electrons. The van der Waals surface area contributed by atoms with Gasteiger partial charge in [0.25, 0.3) is 0 Å². The molecular weight excluding hydrogens is 260 g/mol. The molecule has 0 saturated heterocycles. The Labute approximate surface area is 116 Å². The van der Waals surface area contributed by atoms with Crippen molar-refractivity contribution in [3.05, 3.63) is 30.3 Å². The minimum atomic E-state index is -2.74. The van der Waals surface area contributed by atoms with E-state index in [2.05, 4.69) is 5.32 Å². The quantitative estimate of drug-likeness (QED) is 0.470. The fourth-order valence-electron chi connectivity index (χ4n) is 1.79. The van der Waals surface area contributed by atoms with Gasteiger partial charge in [0.1, 0.15) is 0 Å². The second-order valence-corrected chi connectivity index (χ2v) is 6.87. The van der Waals surface area contributed by atoms with Gasteiger partial charge in [0.2, 0.25) is 0 Å². The van der Waals surface area contributed by atoms with Crippen molar-refractivity contribution in [2.45, 2.75) is 6.42 Å². The molecule has 0 aliphatic heterocycles. The van der Waals surface area contributed by atoms with Crippen LogP contribution in [0.3, 0.4) is 0 Å². The molecule has 0 aliphatic carbocycles. The van der Waals surface area contributed by atoms with Crippen molar-refractivity contribution in [2.24, 2.45) is 5.73 Å². The summed E-state index contributed by atoms with van der Waals surface area (Å²) in [5.74, 6) is 0. The highest BCUT2D eigenvalue weighted by molar-refractivity contribution is 6.75. The van der Waals surface area contributed by atoms with Gasteiger partial charge in [-0.3, -0.25) is 0 Å². The van der Waals surface area contributed by atoms with Gasteiger partial charge < -0.3 is 24.3 Å². The number of hydrogen-bond donors (Lipinski definition) is 2. The monoisotopic (exact) mass is 284 g/mol. The molecule has 0 amide bonds. The summed E-state index contributed by atoms with van der Waals surface area (Å²) in [5.41, 5.74) is 5.40. The first kappa shape index (κ1) is 16.3. The second kappa shape index (κ2) is 9.19. The summed E-state index contributed by atoms with van der Waals surface area (Å²) < 4.78 is 17.0. The summed E-state index contributed by atoms with van der Waals surface area (Å²) >= 11 is 0. The Morgan fingerprint density at radius 2 is 1.79 bits per heavy atom. The van der Waals surface area contributed by atoms with Gasteiger partial charge in [-0.25, -0.2) is 0 Å². The Morgan fingerprint density at radius 1 is 1.11 bits per heavy atom. The normalized spacial score (nSPS) is 11.7. The van der Waals surface area contributed by atoms with E-state index in [0.717, 1.165) is 24.7 Å². The Kier molecular flexibility index (Phi) is 7.88. The molecule has 3 N–H and O–H groups in total. The lowest BCUT2D eigenvalue weighted by atomic mass is 10.4. The van der Waals surface area contributed by atoms with Crippen molar-refractivity contribution in [3.8, 4) is 0 Å². The van der Waals surface area contributed by atoms with Crippen LogP contribution in [-0.4, -0.2) is 49.3 Å². The van der Waals surface area contributed by atoms with Crippen molar-refractivity contribution in [2.75, 3.05) is 40.5 Å².